The van der Waals surface area contributed by atoms with Crippen LogP contribution >= 0.6 is 23.7 Å². The first kappa shape index (κ1) is 12.5. The van der Waals surface area contributed by atoms with Gasteiger partial charge in [-0.1, -0.05) is 0 Å². The van der Waals surface area contributed by atoms with Gasteiger partial charge in [0.15, 0.2) is 0 Å². The van der Waals surface area contributed by atoms with Gasteiger partial charge in [0, 0.05) is 24.5 Å². The maximum atomic E-state index is 12.0. The topological polar surface area (TPSA) is 46.3 Å². The molecule has 5 heteroatoms. The number of carbonyl (C=O) groups is 1. The second-order valence-corrected chi connectivity index (χ2v) is 4.51. The van der Waals surface area contributed by atoms with E-state index in [1.165, 1.54) is 0 Å². The molecular weight excluding hydrogens is 232 g/mol. The van der Waals surface area contributed by atoms with Crippen molar-refractivity contribution in [2.75, 3.05) is 13.1 Å². The molecule has 84 valence electrons. The number of halogens is 1. The zero-order valence-electron chi connectivity index (χ0n) is 8.60. The highest BCUT2D eigenvalue weighted by atomic mass is 35.5. The van der Waals surface area contributed by atoms with Crippen LogP contribution in [0.3, 0.4) is 0 Å². The molecule has 0 aliphatic carbocycles. The Hall–Kier alpha value is -0.580. The molecule has 2 N–H and O–H groups in total. The van der Waals surface area contributed by atoms with Gasteiger partial charge in [0.2, 0.25) is 0 Å². The van der Waals surface area contributed by atoms with Gasteiger partial charge < -0.3 is 10.6 Å². The lowest BCUT2D eigenvalue weighted by Crippen LogP contribution is -2.31. The molecule has 1 fully saturated rings. The van der Waals surface area contributed by atoms with E-state index >= 15 is 0 Å². The second-order valence-electron chi connectivity index (χ2n) is 3.77. The van der Waals surface area contributed by atoms with E-state index in [0.29, 0.717) is 6.54 Å². The van der Waals surface area contributed by atoms with Crippen molar-refractivity contribution in [1.82, 2.24) is 4.90 Å². The highest BCUT2D eigenvalue weighted by Gasteiger charge is 2.25. The third-order valence-corrected chi connectivity index (χ3v) is 3.46. The van der Waals surface area contributed by atoms with Crippen LogP contribution in [0.4, 0.5) is 0 Å². The van der Waals surface area contributed by atoms with Crippen LogP contribution < -0.4 is 5.73 Å². The first-order valence-corrected chi connectivity index (χ1v) is 5.70. The van der Waals surface area contributed by atoms with E-state index < -0.39 is 0 Å². The molecule has 0 radical (unpaired) electrons. The van der Waals surface area contributed by atoms with Gasteiger partial charge in [-0.15, -0.1) is 12.4 Å². The summed E-state index contributed by atoms with van der Waals surface area (Å²) in [5.74, 6) is 0.136. The van der Waals surface area contributed by atoms with Crippen LogP contribution in [0.15, 0.2) is 10.8 Å². The molecule has 15 heavy (non-hydrogen) atoms. The Labute approximate surface area is 99.7 Å². The van der Waals surface area contributed by atoms with Gasteiger partial charge in [-0.2, -0.15) is 11.3 Å². The molecule has 2 heterocycles. The molecule has 0 spiro atoms. The highest BCUT2D eigenvalue weighted by Crippen LogP contribution is 2.18. The SMILES string of the molecule is Cc1cscc1C(=O)N1CC[C@@H](N)C1.Cl. The fourth-order valence-electron chi connectivity index (χ4n) is 1.72. The molecule has 3 nitrogen and oxygen atoms in total. The third kappa shape index (κ3) is 2.51. The van der Waals surface area contributed by atoms with E-state index in [1.54, 1.807) is 11.3 Å². The van der Waals surface area contributed by atoms with Crippen LogP contribution in [0.25, 0.3) is 0 Å². The quantitative estimate of drug-likeness (QED) is 0.819. The molecule has 0 bridgehead atoms. The van der Waals surface area contributed by atoms with Crippen molar-refractivity contribution in [3.05, 3.63) is 21.9 Å². The predicted octanol–water partition coefficient (Wildman–Crippen LogP) is 1.65. The van der Waals surface area contributed by atoms with Crippen LogP contribution in [0.2, 0.25) is 0 Å². The van der Waals surface area contributed by atoms with Crippen molar-refractivity contribution in [3.8, 4) is 0 Å². The number of likely N-dealkylation sites (tertiary alicyclic amines) is 1. The van der Waals surface area contributed by atoms with E-state index in [1.807, 2.05) is 22.6 Å². The summed E-state index contributed by atoms with van der Waals surface area (Å²) in [7, 11) is 0. The first-order valence-electron chi connectivity index (χ1n) is 4.76. The largest absolute Gasteiger partial charge is 0.337 e. The van der Waals surface area contributed by atoms with Gasteiger partial charge >= 0.3 is 0 Å². The minimum Gasteiger partial charge on any atom is -0.337 e. The zero-order chi connectivity index (χ0) is 10.1. The Morgan fingerprint density at radius 2 is 2.33 bits per heavy atom. The summed E-state index contributed by atoms with van der Waals surface area (Å²) in [5.41, 5.74) is 7.67. The lowest BCUT2D eigenvalue weighted by Gasteiger charge is -2.15. The summed E-state index contributed by atoms with van der Waals surface area (Å²) in [6.45, 7) is 3.48. The van der Waals surface area contributed by atoms with Crippen LogP contribution in [-0.2, 0) is 0 Å². The summed E-state index contributed by atoms with van der Waals surface area (Å²) in [5, 5.41) is 3.92. The zero-order valence-corrected chi connectivity index (χ0v) is 10.2. The molecule has 2 rings (SSSR count). The van der Waals surface area contributed by atoms with Crippen molar-refractivity contribution in [3.63, 3.8) is 0 Å². The average Bonchev–Trinajstić information content (AvgIpc) is 2.73. The van der Waals surface area contributed by atoms with E-state index in [-0.39, 0.29) is 24.4 Å². The van der Waals surface area contributed by atoms with Crippen molar-refractivity contribution in [2.45, 2.75) is 19.4 Å². The molecule has 1 aliphatic heterocycles. The third-order valence-electron chi connectivity index (χ3n) is 2.60. The van der Waals surface area contributed by atoms with Crippen molar-refractivity contribution in [2.24, 2.45) is 5.73 Å². The van der Waals surface area contributed by atoms with Gasteiger partial charge in [0.05, 0.1) is 5.56 Å². The van der Waals surface area contributed by atoms with Crippen molar-refractivity contribution >= 4 is 29.7 Å². The Morgan fingerprint density at radius 1 is 1.60 bits per heavy atom. The standard InChI is InChI=1S/C10H14N2OS.ClH/c1-7-5-14-6-9(7)10(13)12-3-2-8(11)4-12;/h5-6,8H,2-4,11H2,1H3;1H/t8-;/m1./s1. The number of nitrogens with two attached hydrogens (primary N) is 1. The van der Waals surface area contributed by atoms with E-state index in [0.717, 1.165) is 24.1 Å². The molecule has 0 saturated carbocycles. The summed E-state index contributed by atoms with van der Waals surface area (Å²) < 4.78 is 0. The van der Waals surface area contributed by atoms with Crippen LogP contribution in [0.1, 0.15) is 22.3 Å². The van der Waals surface area contributed by atoms with Gasteiger partial charge in [0.25, 0.3) is 5.91 Å². The molecule has 1 aromatic heterocycles. The van der Waals surface area contributed by atoms with E-state index in [2.05, 4.69) is 0 Å². The van der Waals surface area contributed by atoms with Gasteiger partial charge in [-0.3, -0.25) is 4.79 Å². The Bertz CT molecular complexity index is 353. The van der Waals surface area contributed by atoms with Crippen molar-refractivity contribution < 1.29 is 4.79 Å². The summed E-state index contributed by atoms with van der Waals surface area (Å²) in [6.07, 6.45) is 0.926. The number of carbonyl (C=O) groups excluding carboxylic acids is 1. The molecule has 1 saturated heterocycles. The fraction of sp³-hybridized carbons (Fsp3) is 0.500. The molecule has 0 aromatic carbocycles. The number of aryl methyl sites for hydroxylation is 1. The van der Waals surface area contributed by atoms with Gasteiger partial charge in [-0.25, -0.2) is 0 Å². The van der Waals surface area contributed by atoms with E-state index in [9.17, 15) is 4.79 Å². The van der Waals surface area contributed by atoms with Crippen molar-refractivity contribution in [1.29, 1.82) is 0 Å². The second kappa shape index (κ2) is 4.96. The molecular formula is C10H15ClN2OS. The minimum atomic E-state index is 0. The van der Waals surface area contributed by atoms with Gasteiger partial charge in [-0.05, 0) is 24.3 Å². The normalized spacial score (nSPS) is 20.1. The monoisotopic (exact) mass is 246 g/mol. The lowest BCUT2D eigenvalue weighted by atomic mass is 10.2. The molecule has 1 atom stereocenters. The predicted molar refractivity (Wildman–Crippen MR) is 64.8 cm³/mol. The number of nitrogens with zero attached hydrogens (tertiary/aromatic N) is 1. The number of hydrogen-bond acceptors (Lipinski definition) is 3. The summed E-state index contributed by atoms with van der Waals surface area (Å²) in [6, 6.07) is 0.165. The van der Waals surface area contributed by atoms with Crippen LogP contribution in [0, 0.1) is 6.92 Å². The molecule has 1 aromatic rings. The number of amides is 1. The molecule has 1 aliphatic rings. The molecule has 1 amide bonds. The molecule has 0 unspecified atom stereocenters. The maximum absolute atomic E-state index is 12.0. The average molecular weight is 247 g/mol. The maximum Gasteiger partial charge on any atom is 0.255 e. The fourth-order valence-corrected chi connectivity index (χ4v) is 2.54. The highest BCUT2D eigenvalue weighted by molar-refractivity contribution is 7.08. The van der Waals surface area contributed by atoms with Gasteiger partial charge in [0.1, 0.15) is 0 Å². The number of thiophene rings is 1. The summed E-state index contributed by atoms with van der Waals surface area (Å²) in [4.78, 5) is 13.8. The Balaban J connectivity index is 0.00000112. The van der Waals surface area contributed by atoms with Crippen LogP contribution in [0.5, 0.6) is 0 Å². The number of hydrogen-bond donors (Lipinski definition) is 1. The smallest absolute Gasteiger partial charge is 0.255 e. The van der Waals surface area contributed by atoms with Crippen LogP contribution in [-0.4, -0.2) is 29.9 Å². The van der Waals surface area contributed by atoms with E-state index in [4.69, 9.17) is 5.73 Å². The summed E-state index contributed by atoms with van der Waals surface area (Å²) >= 11 is 1.58. The lowest BCUT2D eigenvalue weighted by molar-refractivity contribution is 0.0791. The number of rotatable bonds is 1. The minimum absolute atomic E-state index is 0. The Kier molecular flexibility index (Phi) is 4.13. The Morgan fingerprint density at radius 3 is 2.80 bits per heavy atom. The first-order chi connectivity index (χ1) is 6.68.